The van der Waals surface area contributed by atoms with Gasteiger partial charge in [0.05, 0.1) is 11.6 Å². The number of nitrogens with zero attached hydrogens (tertiary/aromatic N) is 3. The smallest absolute Gasteiger partial charge is 0.0991 e. The maximum Gasteiger partial charge on any atom is 0.0991 e. The molecule has 3 nitrogen and oxygen atoms in total. The number of nitriles is 1. The molecular weight excluding hydrogens is 318 g/mol. The van der Waals surface area contributed by atoms with E-state index in [-0.39, 0.29) is 0 Å². The fourth-order valence-electron chi connectivity index (χ4n) is 3.85. The summed E-state index contributed by atoms with van der Waals surface area (Å²) in [6, 6.07) is 19.3. The third-order valence-corrected chi connectivity index (χ3v) is 5.45. The fraction of sp³-hybridized carbons (Fsp3) is 0.304. The van der Waals surface area contributed by atoms with Crippen LogP contribution in [0.15, 0.2) is 54.7 Å². The van der Waals surface area contributed by atoms with Crippen molar-refractivity contribution in [3.8, 4) is 17.2 Å². The largest absolute Gasteiger partial charge is 0.300 e. The first-order valence-corrected chi connectivity index (χ1v) is 9.36. The Morgan fingerprint density at radius 1 is 1.12 bits per heavy atom. The minimum absolute atomic E-state index is 0.687. The summed E-state index contributed by atoms with van der Waals surface area (Å²) in [5.41, 5.74) is 4.04. The summed E-state index contributed by atoms with van der Waals surface area (Å²) in [4.78, 5) is 7.25. The number of pyridine rings is 1. The quantitative estimate of drug-likeness (QED) is 0.684. The van der Waals surface area contributed by atoms with Crippen LogP contribution in [0, 0.1) is 11.3 Å². The Hall–Kier alpha value is -2.70. The van der Waals surface area contributed by atoms with Gasteiger partial charge in [-0.15, -0.1) is 0 Å². The van der Waals surface area contributed by atoms with Gasteiger partial charge in [0.1, 0.15) is 0 Å². The first-order chi connectivity index (χ1) is 12.7. The molecule has 1 saturated heterocycles. The Kier molecular flexibility index (Phi) is 4.69. The summed E-state index contributed by atoms with van der Waals surface area (Å²) < 4.78 is 0. The predicted octanol–water partition coefficient (Wildman–Crippen LogP) is 4.80. The second kappa shape index (κ2) is 7.27. The highest BCUT2D eigenvalue weighted by Crippen LogP contribution is 2.25. The van der Waals surface area contributed by atoms with E-state index in [1.807, 2.05) is 30.5 Å². The fourth-order valence-corrected chi connectivity index (χ4v) is 3.85. The first-order valence-electron chi connectivity index (χ1n) is 9.36. The zero-order chi connectivity index (χ0) is 17.9. The molecule has 0 saturated carbocycles. The lowest BCUT2D eigenvalue weighted by atomic mass is 10.0. The molecule has 0 N–H and O–H groups in total. The molecule has 2 heterocycles. The summed E-state index contributed by atoms with van der Waals surface area (Å²) in [5.74, 6) is 0. The van der Waals surface area contributed by atoms with Crippen molar-refractivity contribution in [2.45, 2.75) is 32.2 Å². The molecule has 1 atom stereocenters. The van der Waals surface area contributed by atoms with Crippen LogP contribution in [0.2, 0.25) is 0 Å². The predicted molar refractivity (Wildman–Crippen MR) is 106 cm³/mol. The van der Waals surface area contributed by atoms with Gasteiger partial charge in [-0.2, -0.15) is 5.26 Å². The van der Waals surface area contributed by atoms with Gasteiger partial charge in [0.2, 0.25) is 0 Å². The Labute approximate surface area is 154 Å². The zero-order valence-corrected chi connectivity index (χ0v) is 15.2. The van der Waals surface area contributed by atoms with Crippen LogP contribution >= 0.6 is 0 Å². The molecule has 0 aliphatic carbocycles. The lowest BCUT2D eigenvalue weighted by molar-refractivity contribution is 0.271. The van der Waals surface area contributed by atoms with Crippen LogP contribution < -0.4 is 0 Å². The van der Waals surface area contributed by atoms with Gasteiger partial charge in [-0.05, 0) is 67.1 Å². The van der Waals surface area contributed by atoms with Crippen molar-refractivity contribution in [1.82, 2.24) is 9.88 Å². The molecule has 1 aliphatic rings. The van der Waals surface area contributed by atoms with E-state index in [0.29, 0.717) is 11.6 Å². The first kappa shape index (κ1) is 16.8. The summed E-state index contributed by atoms with van der Waals surface area (Å²) >= 11 is 0. The molecular formula is C23H23N3. The molecule has 3 aromatic rings. The van der Waals surface area contributed by atoms with E-state index in [4.69, 9.17) is 5.26 Å². The van der Waals surface area contributed by atoms with E-state index in [1.54, 1.807) is 0 Å². The number of hydrogen-bond donors (Lipinski definition) is 0. The highest BCUT2D eigenvalue weighted by molar-refractivity contribution is 5.87. The number of rotatable bonds is 4. The van der Waals surface area contributed by atoms with E-state index < -0.39 is 0 Å². The summed E-state index contributed by atoms with van der Waals surface area (Å²) in [7, 11) is 0. The molecule has 130 valence electrons. The standard InChI is InChI=1S/C23H23N3/c1-17-4-3-10-26(17)11-9-23-14-21-8-7-20(13-22(21)16-25-23)19-6-2-5-18(12-19)15-24/h2,5-8,12-14,16-17H,3-4,9-11H2,1H3/t17-/m0/s1. The van der Waals surface area contributed by atoms with Crippen molar-refractivity contribution in [3.63, 3.8) is 0 Å². The number of aromatic nitrogens is 1. The van der Waals surface area contributed by atoms with Gasteiger partial charge in [-0.1, -0.05) is 24.3 Å². The SMILES string of the molecule is C[C@H]1CCCN1CCc1cc2ccc(-c3cccc(C#N)c3)cc2cn1. The average molecular weight is 341 g/mol. The van der Waals surface area contributed by atoms with Gasteiger partial charge in [-0.25, -0.2) is 0 Å². The number of fused-ring (bicyclic) bond motifs is 1. The summed E-state index contributed by atoms with van der Waals surface area (Å²) in [5, 5.41) is 11.5. The Morgan fingerprint density at radius 2 is 2.00 bits per heavy atom. The monoisotopic (exact) mass is 341 g/mol. The molecule has 1 aliphatic heterocycles. The zero-order valence-electron chi connectivity index (χ0n) is 15.2. The van der Waals surface area contributed by atoms with Gasteiger partial charge < -0.3 is 4.90 Å². The van der Waals surface area contributed by atoms with Crippen LogP contribution in [0.3, 0.4) is 0 Å². The molecule has 1 fully saturated rings. The van der Waals surface area contributed by atoms with Gasteiger partial charge in [0.15, 0.2) is 0 Å². The van der Waals surface area contributed by atoms with Crippen molar-refractivity contribution < 1.29 is 0 Å². The van der Waals surface area contributed by atoms with Crippen LogP contribution in [0.5, 0.6) is 0 Å². The minimum atomic E-state index is 0.687. The second-order valence-corrected chi connectivity index (χ2v) is 7.21. The number of benzene rings is 2. The Bertz CT molecular complexity index is 971. The molecule has 3 heteroatoms. The van der Waals surface area contributed by atoms with Crippen molar-refractivity contribution in [3.05, 3.63) is 66.0 Å². The van der Waals surface area contributed by atoms with Crippen molar-refractivity contribution in [2.75, 3.05) is 13.1 Å². The van der Waals surface area contributed by atoms with Crippen molar-refractivity contribution >= 4 is 10.8 Å². The molecule has 0 spiro atoms. The molecule has 0 unspecified atom stereocenters. The molecule has 0 radical (unpaired) electrons. The van der Waals surface area contributed by atoms with E-state index in [9.17, 15) is 0 Å². The van der Waals surface area contributed by atoms with Crippen LogP contribution in [0.1, 0.15) is 31.0 Å². The van der Waals surface area contributed by atoms with E-state index in [0.717, 1.165) is 35.2 Å². The molecule has 2 aromatic carbocycles. The summed E-state index contributed by atoms with van der Waals surface area (Å²) in [6.45, 7) is 4.64. The third kappa shape index (κ3) is 3.47. The summed E-state index contributed by atoms with van der Waals surface area (Å²) in [6.07, 6.45) is 5.63. The molecule has 4 rings (SSSR count). The van der Waals surface area contributed by atoms with Crippen molar-refractivity contribution in [1.29, 1.82) is 5.26 Å². The highest BCUT2D eigenvalue weighted by atomic mass is 15.2. The normalized spacial score (nSPS) is 17.5. The van der Waals surface area contributed by atoms with E-state index in [1.165, 1.54) is 24.8 Å². The Morgan fingerprint density at radius 3 is 2.81 bits per heavy atom. The van der Waals surface area contributed by atoms with E-state index in [2.05, 4.69) is 47.1 Å². The lowest BCUT2D eigenvalue weighted by Gasteiger charge is -2.20. The maximum absolute atomic E-state index is 9.09. The minimum Gasteiger partial charge on any atom is -0.300 e. The van der Waals surface area contributed by atoms with Crippen LogP contribution in [-0.2, 0) is 6.42 Å². The van der Waals surface area contributed by atoms with Crippen LogP contribution in [0.4, 0.5) is 0 Å². The highest BCUT2D eigenvalue weighted by Gasteiger charge is 2.19. The van der Waals surface area contributed by atoms with Crippen molar-refractivity contribution in [2.24, 2.45) is 0 Å². The maximum atomic E-state index is 9.09. The lowest BCUT2D eigenvalue weighted by Crippen LogP contribution is -2.29. The van der Waals surface area contributed by atoms with Crippen LogP contribution in [0.25, 0.3) is 21.9 Å². The van der Waals surface area contributed by atoms with Crippen LogP contribution in [-0.4, -0.2) is 29.0 Å². The molecule has 1 aromatic heterocycles. The third-order valence-electron chi connectivity index (χ3n) is 5.45. The topological polar surface area (TPSA) is 39.9 Å². The van der Waals surface area contributed by atoms with E-state index >= 15 is 0 Å². The molecule has 26 heavy (non-hydrogen) atoms. The molecule has 0 amide bonds. The van der Waals surface area contributed by atoms with Gasteiger partial charge in [-0.3, -0.25) is 4.98 Å². The van der Waals surface area contributed by atoms with Gasteiger partial charge in [0, 0.05) is 36.3 Å². The average Bonchev–Trinajstić information content (AvgIpc) is 3.10. The molecule has 0 bridgehead atoms. The number of likely N-dealkylation sites (tertiary alicyclic amines) is 1. The second-order valence-electron chi connectivity index (χ2n) is 7.21. The Balaban J connectivity index is 1.55. The van der Waals surface area contributed by atoms with Gasteiger partial charge in [0.25, 0.3) is 0 Å². The van der Waals surface area contributed by atoms with Gasteiger partial charge >= 0.3 is 0 Å². The number of hydrogen-bond acceptors (Lipinski definition) is 3.